The number of rotatable bonds is 8. The third kappa shape index (κ3) is 12.9. The number of hydrogen-bond acceptors (Lipinski definition) is 13. The van der Waals surface area contributed by atoms with Crippen LogP contribution in [0.5, 0.6) is 0 Å². The number of alkyl halides is 2. The molecule has 19 heteroatoms. The minimum absolute atomic E-state index is 0. The second-order valence-electron chi connectivity index (χ2n) is 19.9. The molecule has 4 atom stereocenters. The van der Waals surface area contributed by atoms with Crippen LogP contribution in [0.2, 0.25) is 0 Å². The molecule has 2 spiro atoms. The zero-order valence-corrected chi connectivity index (χ0v) is 40.1. The van der Waals surface area contributed by atoms with Gasteiger partial charge in [0.15, 0.2) is 0 Å². The first-order valence-electron chi connectivity index (χ1n) is 24.2. The minimum atomic E-state index is -0.937. The molecule has 9 rings (SSSR count). The van der Waals surface area contributed by atoms with Gasteiger partial charge in [-0.2, -0.15) is 0 Å². The maximum atomic E-state index is 14.0. The van der Waals surface area contributed by atoms with Crippen LogP contribution in [0.15, 0.2) is 0 Å². The van der Waals surface area contributed by atoms with Crippen molar-refractivity contribution in [2.24, 2.45) is 10.8 Å². The fraction of sp³-hybridized carbons (Fsp3) is 0.913. The number of likely N-dealkylation sites (tertiary alicyclic amines) is 6. The van der Waals surface area contributed by atoms with Gasteiger partial charge in [0.2, 0.25) is 0 Å². The molecule has 0 N–H and O–H groups in total. The number of nitrogens with zero attached hydrogens (tertiary/aromatic N) is 6. The van der Waals surface area contributed by atoms with Gasteiger partial charge in [0, 0.05) is 97.9 Å². The first kappa shape index (κ1) is 53.8. The molecule has 2 aliphatic carbocycles. The van der Waals surface area contributed by atoms with E-state index in [0.29, 0.717) is 38.4 Å². The van der Waals surface area contributed by atoms with Crippen molar-refractivity contribution in [1.82, 2.24) is 29.4 Å². The zero-order chi connectivity index (χ0) is 44.7. The van der Waals surface area contributed by atoms with Crippen LogP contribution in [-0.4, -0.2) is 217 Å². The Morgan fingerprint density at radius 1 is 0.615 bits per heavy atom. The van der Waals surface area contributed by atoms with Gasteiger partial charge in [-0.3, -0.25) is 19.4 Å². The van der Waals surface area contributed by atoms with Crippen LogP contribution in [0.25, 0.3) is 0 Å². The number of carbonyl (C=O) groups is 4. The van der Waals surface area contributed by atoms with Gasteiger partial charge in [-0.25, -0.2) is 18.4 Å². The number of hydrogen-bond donors (Lipinski definition) is 0. The summed E-state index contributed by atoms with van der Waals surface area (Å²) in [4.78, 5) is 60.9. The normalized spacial score (nSPS) is 34.3. The molecule has 7 saturated heterocycles. The molecular weight excluding hydrogens is 836 g/mol. The smallest absolute Gasteiger partial charge is 1.00 e. The minimum Gasteiger partial charge on any atom is -1.00 e. The van der Waals surface area contributed by atoms with E-state index < -0.39 is 24.4 Å². The average Bonchev–Trinajstić information content (AvgIpc) is 4.13. The van der Waals surface area contributed by atoms with E-state index in [1.165, 1.54) is 27.1 Å². The van der Waals surface area contributed by atoms with Gasteiger partial charge >= 0.3 is 43.0 Å². The number of piperidine rings is 2. The molecule has 15 nitrogen and oxygen atoms in total. The van der Waals surface area contributed by atoms with E-state index in [4.69, 9.17) is 23.7 Å². The van der Waals surface area contributed by atoms with E-state index >= 15 is 0 Å². The predicted molar refractivity (Wildman–Crippen MR) is 237 cm³/mol. The van der Waals surface area contributed by atoms with Crippen LogP contribution in [0, 0.1) is 10.8 Å². The van der Waals surface area contributed by atoms with Gasteiger partial charge in [0.25, 0.3) is 0 Å². The van der Waals surface area contributed by atoms with E-state index in [0.717, 1.165) is 130 Å². The molecule has 65 heavy (non-hydrogen) atoms. The molecule has 0 aromatic carbocycles. The van der Waals surface area contributed by atoms with Crippen molar-refractivity contribution in [1.29, 1.82) is 0 Å². The molecule has 0 aromatic rings. The molecule has 2 saturated carbocycles. The summed E-state index contributed by atoms with van der Waals surface area (Å²) >= 11 is 0. The standard InChI is InChI=1S/2C21H34FN3O4.C4H8O.B.Li.H/c2*1-3-29-20(27)24-9-6-21(14-24)11-17(12-21)23-7-4-16(5-8-23)25-13-15(22)10-18(25)19(26)28-2;1-2-4-5-3-1;;;/h2*15-18H,3-14H2,1-2H3;1-4H2;;;/q;;;;+1;-1/t2*15-,17?,18-,21?;;;;/m11..../s1. The van der Waals surface area contributed by atoms with Crippen molar-refractivity contribution >= 4 is 32.5 Å². The summed E-state index contributed by atoms with van der Waals surface area (Å²) in [6, 6.07) is 0.840. The van der Waals surface area contributed by atoms with Gasteiger partial charge in [-0.1, -0.05) is 0 Å². The van der Waals surface area contributed by atoms with Gasteiger partial charge in [-0.05, 0) is 128 Å². The van der Waals surface area contributed by atoms with Crippen molar-refractivity contribution in [2.45, 2.75) is 152 Å². The number of ether oxygens (including phenoxy) is 5. The van der Waals surface area contributed by atoms with E-state index in [-0.39, 0.29) is 88.6 Å². The summed E-state index contributed by atoms with van der Waals surface area (Å²) in [6.07, 6.45) is 11.5. The third-order valence-electron chi connectivity index (χ3n) is 15.9. The van der Waals surface area contributed by atoms with Gasteiger partial charge in [0.1, 0.15) is 24.4 Å². The van der Waals surface area contributed by atoms with Crippen molar-refractivity contribution in [2.75, 3.05) is 106 Å². The zero-order valence-electron chi connectivity index (χ0n) is 41.1. The Morgan fingerprint density at radius 3 is 1.29 bits per heavy atom. The number of methoxy groups -OCH3 is 2. The fourth-order valence-corrected chi connectivity index (χ4v) is 12.5. The Kier molecular flexibility index (Phi) is 20.2. The van der Waals surface area contributed by atoms with Gasteiger partial charge in [-0.15, -0.1) is 0 Å². The van der Waals surface area contributed by atoms with Crippen LogP contribution in [-0.2, 0) is 33.3 Å². The largest absolute Gasteiger partial charge is 1.00 e. The van der Waals surface area contributed by atoms with E-state index in [1.54, 1.807) is 0 Å². The molecule has 9 aliphatic rings. The Hall–Kier alpha value is -2.20. The molecule has 2 amide bonds. The van der Waals surface area contributed by atoms with E-state index in [9.17, 15) is 28.0 Å². The molecule has 7 heterocycles. The summed E-state index contributed by atoms with van der Waals surface area (Å²) in [7, 11) is 2.76. The van der Waals surface area contributed by atoms with Crippen molar-refractivity contribution in [3.8, 4) is 0 Å². The summed E-state index contributed by atoms with van der Waals surface area (Å²) in [5, 5.41) is 0. The maximum absolute atomic E-state index is 14.0. The molecule has 0 unspecified atom stereocenters. The van der Waals surface area contributed by atoms with Gasteiger partial charge < -0.3 is 44.7 Å². The number of esters is 2. The summed E-state index contributed by atoms with van der Waals surface area (Å²) in [5.74, 6) is -0.609. The van der Waals surface area contributed by atoms with Crippen LogP contribution in [0.3, 0.4) is 0 Å². The SMILES string of the molecule is C1CCOC1.CCOC(=O)N1CCC2(CC(N3CCC(N4C[C@H](F)C[C@@H]4C(=O)OC)CC3)C2)C1.CCOC(=O)N1CCC2(CC(N3CCC(N4C[C@H](F)C[C@@H]4C(=O)OC)CC3)C2)C1.[B].[H-].[Li+]. The first-order valence-corrected chi connectivity index (χ1v) is 24.2. The predicted octanol–water partition coefficient (Wildman–Crippen LogP) is 1.63. The van der Waals surface area contributed by atoms with Crippen molar-refractivity contribution in [3.63, 3.8) is 0 Å². The summed E-state index contributed by atoms with van der Waals surface area (Å²) in [6.45, 7) is 14.5. The average molecular weight is 914 g/mol. The van der Waals surface area contributed by atoms with Crippen LogP contribution in [0.1, 0.15) is 105 Å². The Morgan fingerprint density at radius 2 is 0.985 bits per heavy atom. The molecular formula is C46H77BF2LiN6O9. The Balaban J connectivity index is 0.000000250. The topological polar surface area (TPSA) is 134 Å². The Bertz CT molecular complexity index is 1440. The third-order valence-corrected chi connectivity index (χ3v) is 15.9. The maximum Gasteiger partial charge on any atom is 1.00 e. The van der Waals surface area contributed by atoms with Crippen LogP contribution >= 0.6 is 0 Å². The summed E-state index contributed by atoms with van der Waals surface area (Å²) in [5.41, 5.74) is 0.557. The van der Waals surface area contributed by atoms with Crippen LogP contribution < -0.4 is 18.9 Å². The van der Waals surface area contributed by atoms with Crippen molar-refractivity contribution in [3.05, 3.63) is 0 Å². The Labute approximate surface area is 401 Å². The second kappa shape index (κ2) is 24.4. The number of amides is 2. The molecule has 3 radical (unpaired) electrons. The fourth-order valence-electron chi connectivity index (χ4n) is 12.5. The van der Waals surface area contributed by atoms with Gasteiger partial charge in [0.05, 0.1) is 27.4 Å². The molecule has 363 valence electrons. The van der Waals surface area contributed by atoms with E-state index in [1.807, 2.05) is 33.4 Å². The quantitative estimate of drug-likeness (QED) is 0.199. The number of carbonyl (C=O) groups excluding carboxylic acids is 4. The van der Waals surface area contributed by atoms with Crippen LogP contribution in [0.4, 0.5) is 18.4 Å². The monoisotopic (exact) mass is 914 g/mol. The summed E-state index contributed by atoms with van der Waals surface area (Å²) < 4.78 is 52.9. The second-order valence-corrected chi connectivity index (χ2v) is 19.9. The van der Waals surface area contributed by atoms with Crippen molar-refractivity contribution < 1.29 is 71.9 Å². The first-order chi connectivity index (χ1) is 30.4. The molecule has 0 bridgehead atoms. The molecule has 7 aliphatic heterocycles. The molecule has 9 fully saturated rings. The number of halogens is 2. The molecule has 0 aromatic heterocycles. The van der Waals surface area contributed by atoms with E-state index in [2.05, 4.69) is 9.80 Å².